The number of benzene rings is 1. The Labute approximate surface area is 124 Å². The molecule has 0 radical (unpaired) electrons. The minimum Gasteiger partial charge on any atom is -0.506 e. The average Bonchev–Trinajstić information content (AvgIpc) is 2.29. The van der Waals surface area contributed by atoms with E-state index in [4.69, 9.17) is 5.73 Å². The number of phenols is 1. The number of nitrogens with two attached hydrogens (primary N) is 1. The van der Waals surface area contributed by atoms with Gasteiger partial charge in [0.2, 0.25) is 15.9 Å². The van der Waals surface area contributed by atoms with Crippen LogP contribution in [0, 0.1) is 0 Å². The number of nitrogen functional groups attached to an aromatic ring is 1. The van der Waals surface area contributed by atoms with Gasteiger partial charge in [-0.15, -0.1) is 0 Å². The van der Waals surface area contributed by atoms with Gasteiger partial charge in [0.25, 0.3) is 0 Å². The lowest BCUT2D eigenvalue weighted by Gasteiger charge is -2.23. The van der Waals surface area contributed by atoms with Crippen LogP contribution in [0.5, 0.6) is 5.75 Å². The molecule has 0 saturated heterocycles. The molecular weight excluding hydrogens is 294 g/mol. The van der Waals surface area contributed by atoms with E-state index in [1.165, 1.54) is 19.2 Å². The zero-order valence-corrected chi connectivity index (χ0v) is 13.4. The number of phenolic OH excluding ortho intramolecular Hbond substituents is 1. The number of carbonyl (C=O) groups excluding carboxylic acids is 1. The number of amides is 1. The van der Waals surface area contributed by atoms with Crippen LogP contribution in [0.2, 0.25) is 0 Å². The number of nitrogens with one attached hydrogen (secondary N) is 1. The first kappa shape index (κ1) is 17.3. The number of likely N-dealkylation sites (N-methyl/N-ethyl adjacent to an activating group) is 1. The van der Waals surface area contributed by atoms with Gasteiger partial charge in [0, 0.05) is 12.6 Å². The van der Waals surface area contributed by atoms with E-state index in [9.17, 15) is 18.3 Å². The van der Waals surface area contributed by atoms with Crippen LogP contribution in [0.4, 0.5) is 5.69 Å². The second-order valence-electron chi connectivity index (χ2n) is 5.78. The molecule has 0 fully saturated rings. The molecule has 0 aromatic heterocycles. The second kappa shape index (κ2) is 5.90. The summed E-state index contributed by atoms with van der Waals surface area (Å²) in [5.41, 5.74) is 5.01. The van der Waals surface area contributed by atoms with Crippen LogP contribution in [0.1, 0.15) is 20.8 Å². The summed E-state index contributed by atoms with van der Waals surface area (Å²) < 4.78 is 25.5. The molecule has 0 spiro atoms. The quantitative estimate of drug-likeness (QED) is 0.553. The van der Waals surface area contributed by atoms with E-state index in [0.717, 1.165) is 10.4 Å². The summed E-state index contributed by atoms with van der Waals surface area (Å²) in [6, 6.07) is 3.59. The van der Waals surface area contributed by atoms with Gasteiger partial charge in [-0.3, -0.25) is 4.79 Å². The molecule has 0 atom stereocenters. The normalized spacial score (nSPS) is 12.4. The van der Waals surface area contributed by atoms with Gasteiger partial charge in [0.1, 0.15) is 5.75 Å². The van der Waals surface area contributed by atoms with E-state index in [-0.39, 0.29) is 22.9 Å². The van der Waals surface area contributed by atoms with Crippen molar-refractivity contribution in [1.82, 2.24) is 9.62 Å². The highest BCUT2D eigenvalue weighted by molar-refractivity contribution is 7.89. The molecular formula is C13H21N3O4S. The summed E-state index contributed by atoms with van der Waals surface area (Å²) >= 11 is 0. The van der Waals surface area contributed by atoms with Crippen LogP contribution in [-0.4, -0.2) is 42.9 Å². The first-order valence-electron chi connectivity index (χ1n) is 6.29. The molecule has 0 aliphatic heterocycles. The Hall–Kier alpha value is -1.80. The summed E-state index contributed by atoms with van der Waals surface area (Å²) in [5, 5.41) is 12.0. The molecule has 8 heteroatoms. The summed E-state index contributed by atoms with van der Waals surface area (Å²) in [4.78, 5) is 11.7. The highest BCUT2D eigenvalue weighted by Gasteiger charge is 2.25. The van der Waals surface area contributed by atoms with Crippen molar-refractivity contribution in [2.75, 3.05) is 19.3 Å². The number of rotatable bonds is 4. The minimum absolute atomic E-state index is 0.0383. The third kappa shape index (κ3) is 4.61. The van der Waals surface area contributed by atoms with Crippen LogP contribution in [0.3, 0.4) is 0 Å². The topological polar surface area (TPSA) is 113 Å². The number of anilines is 1. The standard InChI is InChI=1S/C13H21N3O4S/c1-13(2,3)15-12(18)8-16(4)21(19,20)9-5-6-11(17)10(14)7-9/h5-7,17H,8,14H2,1-4H3,(H,15,18). The maximum absolute atomic E-state index is 12.3. The van der Waals surface area contributed by atoms with E-state index in [1.54, 1.807) is 20.8 Å². The SMILES string of the molecule is CN(CC(=O)NC(C)(C)C)S(=O)(=O)c1ccc(O)c(N)c1. The van der Waals surface area contributed by atoms with Crippen molar-refractivity contribution in [2.24, 2.45) is 0 Å². The Kier molecular flexibility index (Phi) is 4.85. The highest BCUT2D eigenvalue weighted by atomic mass is 32.2. The second-order valence-corrected chi connectivity index (χ2v) is 7.82. The molecule has 1 amide bonds. The molecule has 7 nitrogen and oxygen atoms in total. The number of nitrogens with zero attached hydrogens (tertiary/aromatic N) is 1. The lowest BCUT2D eigenvalue weighted by atomic mass is 10.1. The van der Waals surface area contributed by atoms with Crippen molar-refractivity contribution in [3.05, 3.63) is 18.2 Å². The van der Waals surface area contributed by atoms with Crippen molar-refractivity contribution in [3.63, 3.8) is 0 Å². The van der Waals surface area contributed by atoms with E-state index >= 15 is 0 Å². The van der Waals surface area contributed by atoms with E-state index in [1.807, 2.05) is 0 Å². The Morgan fingerprint density at radius 3 is 2.43 bits per heavy atom. The molecule has 0 unspecified atom stereocenters. The Morgan fingerprint density at radius 2 is 1.95 bits per heavy atom. The number of hydrogen-bond donors (Lipinski definition) is 3. The number of aromatic hydroxyl groups is 1. The van der Waals surface area contributed by atoms with Crippen LogP contribution in [0.25, 0.3) is 0 Å². The zero-order valence-electron chi connectivity index (χ0n) is 12.5. The van der Waals surface area contributed by atoms with Crippen LogP contribution < -0.4 is 11.1 Å². The van der Waals surface area contributed by atoms with Gasteiger partial charge in [-0.25, -0.2) is 8.42 Å². The average molecular weight is 315 g/mol. The van der Waals surface area contributed by atoms with Gasteiger partial charge in [-0.1, -0.05) is 0 Å². The largest absolute Gasteiger partial charge is 0.506 e. The smallest absolute Gasteiger partial charge is 0.243 e. The van der Waals surface area contributed by atoms with Gasteiger partial charge < -0.3 is 16.2 Å². The van der Waals surface area contributed by atoms with Crippen LogP contribution in [-0.2, 0) is 14.8 Å². The summed E-state index contributed by atoms with van der Waals surface area (Å²) in [7, 11) is -2.54. The first-order valence-corrected chi connectivity index (χ1v) is 7.73. The van der Waals surface area contributed by atoms with Gasteiger partial charge in [0.15, 0.2) is 0 Å². The predicted octanol–water partition coefficient (Wildman–Crippen LogP) is 0.510. The fraction of sp³-hybridized carbons (Fsp3) is 0.462. The molecule has 0 bridgehead atoms. The number of hydrogen-bond acceptors (Lipinski definition) is 5. The molecule has 118 valence electrons. The molecule has 0 aliphatic carbocycles. The fourth-order valence-corrected chi connectivity index (χ4v) is 2.78. The van der Waals surface area contributed by atoms with Gasteiger partial charge in [-0.2, -0.15) is 4.31 Å². The van der Waals surface area contributed by atoms with E-state index in [2.05, 4.69) is 5.32 Å². The van der Waals surface area contributed by atoms with Gasteiger partial charge in [-0.05, 0) is 39.0 Å². The van der Waals surface area contributed by atoms with Crippen LogP contribution in [0.15, 0.2) is 23.1 Å². The highest BCUT2D eigenvalue weighted by Crippen LogP contribution is 2.24. The number of sulfonamides is 1. The monoisotopic (exact) mass is 315 g/mol. The molecule has 1 aromatic carbocycles. The van der Waals surface area contributed by atoms with Crippen molar-refractivity contribution in [1.29, 1.82) is 0 Å². The molecule has 1 aromatic rings. The van der Waals surface area contributed by atoms with Gasteiger partial charge in [0.05, 0.1) is 17.1 Å². The minimum atomic E-state index is -3.85. The van der Waals surface area contributed by atoms with Crippen LogP contribution >= 0.6 is 0 Å². The third-order valence-corrected chi connectivity index (χ3v) is 4.39. The Morgan fingerprint density at radius 1 is 1.38 bits per heavy atom. The Balaban J connectivity index is 2.92. The summed E-state index contributed by atoms with van der Waals surface area (Å²) in [5.74, 6) is -0.595. The molecule has 4 N–H and O–H groups in total. The van der Waals surface area contributed by atoms with Crippen molar-refractivity contribution in [2.45, 2.75) is 31.2 Å². The maximum Gasteiger partial charge on any atom is 0.243 e. The molecule has 0 heterocycles. The van der Waals surface area contributed by atoms with Crippen molar-refractivity contribution in [3.8, 4) is 5.75 Å². The van der Waals surface area contributed by atoms with E-state index in [0.29, 0.717) is 0 Å². The van der Waals surface area contributed by atoms with Crippen molar-refractivity contribution < 1.29 is 18.3 Å². The van der Waals surface area contributed by atoms with E-state index < -0.39 is 21.5 Å². The lowest BCUT2D eigenvalue weighted by molar-refractivity contribution is -0.122. The zero-order chi connectivity index (χ0) is 16.4. The number of carbonyl (C=O) groups is 1. The third-order valence-electron chi connectivity index (χ3n) is 2.59. The lowest BCUT2D eigenvalue weighted by Crippen LogP contribution is -2.46. The maximum atomic E-state index is 12.3. The molecule has 0 aliphatic rings. The summed E-state index contributed by atoms with van der Waals surface area (Å²) in [6.45, 7) is 5.11. The van der Waals surface area contributed by atoms with Gasteiger partial charge >= 0.3 is 0 Å². The Bertz CT molecular complexity index is 635. The summed E-state index contributed by atoms with van der Waals surface area (Å²) in [6.07, 6.45) is 0. The molecule has 21 heavy (non-hydrogen) atoms. The first-order chi connectivity index (χ1) is 9.43. The fourth-order valence-electron chi connectivity index (χ4n) is 1.62. The molecule has 1 rings (SSSR count). The van der Waals surface area contributed by atoms with Crippen molar-refractivity contribution >= 4 is 21.6 Å². The molecule has 0 saturated carbocycles. The predicted molar refractivity (Wildman–Crippen MR) is 80.2 cm³/mol.